The number of aliphatic hydroxyl groups excluding tert-OH is 2. The molecule has 0 aromatic carbocycles. The van der Waals surface area contributed by atoms with E-state index < -0.39 is 12.2 Å². The Morgan fingerprint density at radius 3 is 2.25 bits per heavy atom. The molecule has 0 spiro atoms. The van der Waals surface area contributed by atoms with E-state index in [9.17, 15) is 10.2 Å². The van der Waals surface area contributed by atoms with Crippen molar-refractivity contribution in [3.63, 3.8) is 0 Å². The smallest absolute Gasteiger partial charge is 0.106 e. The molecule has 1 fully saturated rings. The minimum atomic E-state index is -0.734. The molecule has 0 saturated carbocycles. The van der Waals surface area contributed by atoms with Crippen LogP contribution in [0.2, 0.25) is 0 Å². The Balaban J connectivity index is 2.63. The Kier molecular flexibility index (Phi) is 3.09. The first kappa shape index (κ1) is 9.96. The normalized spacial score (nSPS) is 49.2. The van der Waals surface area contributed by atoms with Crippen molar-refractivity contribution >= 4 is 0 Å². The third-order valence-electron chi connectivity index (χ3n) is 2.75. The molecule has 1 rings (SSSR count). The Morgan fingerprint density at radius 2 is 1.75 bits per heavy atom. The van der Waals surface area contributed by atoms with Gasteiger partial charge in [0, 0.05) is 5.92 Å². The molecule has 0 amide bonds. The van der Waals surface area contributed by atoms with Gasteiger partial charge in [-0.1, -0.05) is 13.8 Å². The summed E-state index contributed by atoms with van der Waals surface area (Å²) in [6, 6.07) is 0. The average molecular weight is 174 g/mol. The Labute approximate surface area is 73.4 Å². The van der Waals surface area contributed by atoms with E-state index in [0.717, 1.165) is 6.42 Å². The summed E-state index contributed by atoms with van der Waals surface area (Å²) in [6.45, 7) is 5.73. The van der Waals surface area contributed by atoms with Crippen LogP contribution >= 0.6 is 0 Å². The highest BCUT2D eigenvalue weighted by atomic mass is 16.5. The van der Waals surface area contributed by atoms with Crippen LogP contribution in [-0.4, -0.2) is 34.6 Å². The van der Waals surface area contributed by atoms with Crippen LogP contribution in [0.3, 0.4) is 0 Å². The summed E-state index contributed by atoms with van der Waals surface area (Å²) in [5.41, 5.74) is 0. The summed E-state index contributed by atoms with van der Waals surface area (Å²) >= 11 is 0. The molecule has 0 bridgehead atoms. The molecule has 0 aliphatic carbocycles. The van der Waals surface area contributed by atoms with Gasteiger partial charge in [0.25, 0.3) is 0 Å². The number of aliphatic hydroxyl groups is 2. The molecule has 3 nitrogen and oxygen atoms in total. The summed E-state index contributed by atoms with van der Waals surface area (Å²) in [5.74, 6) is 0.0289. The Hall–Kier alpha value is -0.120. The maximum absolute atomic E-state index is 9.59. The second kappa shape index (κ2) is 3.73. The lowest BCUT2D eigenvalue weighted by Crippen LogP contribution is -2.52. The van der Waals surface area contributed by atoms with E-state index in [4.69, 9.17) is 4.74 Å². The topological polar surface area (TPSA) is 49.7 Å². The maximum Gasteiger partial charge on any atom is 0.106 e. The van der Waals surface area contributed by atoms with Gasteiger partial charge in [-0.2, -0.15) is 0 Å². The molecule has 0 radical (unpaired) electrons. The molecular weight excluding hydrogens is 156 g/mol. The van der Waals surface area contributed by atoms with Crippen molar-refractivity contribution in [1.82, 2.24) is 0 Å². The second-order valence-corrected chi connectivity index (χ2v) is 3.63. The third-order valence-corrected chi connectivity index (χ3v) is 2.75. The SMILES string of the molecule is CCC1O[C@H](C)C(O)C(O)[C@@H]1C. The first-order valence-electron chi connectivity index (χ1n) is 4.59. The highest BCUT2D eigenvalue weighted by molar-refractivity contribution is 4.87. The van der Waals surface area contributed by atoms with Gasteiger partial charge in [0.1, 0.15) is 6.10 Å². The Morgan fingerprint density at radius 1 is 1.17 bits per heavy atom. The van der Waals surface area contributed by atoms with Crippen LogP contribution in [0.15, 0.2) is 0 Å². The fourth-order valence-corrected chi connectivity index (χ4v) is 1.76. The van der Waals surface area contributed by atoms with E-state index in [0.29, 0.717) is 0 Å². The fraction of sp³-hybridized carbons (Fsp3) is 1.00. The lowest BCUT2D eigenvalue weighted by atomic mass is 9.87. The van der Waals surface area contributed by atoms with Gasteiger partial charge < -0.3 is 14.9 Å². The lowest BCUT2D eigenvalue weighted by molar-refractivity contribution is -0.190. The minimum absolute atomic E-state index is 0.0289. The van der Waals surface area contributed by atoms with Gasteiger partial charge in [-0.15, -0.1) is 0 Å². The number of rotatable bonds is 1. The van der Waals surface area contributed by atoms with Gasteiger partial charge in [-0.05, 0) is 13.3 Å². The first-order chi connectivity index (χ1) is 5.57. The predicted octanol–water partition coefficient (Wildman–Crippen LogP) is 0.542. The highest BCUT2D eigenvalue weighted by Crippen LogP contribution is 2.27. The van der Waals surface area contributed by atoms with E-state index in [-0.39, 0.29) is 18.1 Å². The van der Waals surface area contributed by atoms with Crippen LogP contribution in [0.1, 0.15) is 27.2 Å². The van der Waals surface area contributed by atoms with Gasteiger partial charge in [-0.3, -0.25) is 0 Å². The molecule has 1 heterocycles. The first-order valence-corrected chi connectivity index (χ1v) is 4.59. The number of hydrogen-bond donors (Lipinski definition) is 2. The van der Waals surface area contributed by atoms with Gasteiger partial charge in [-0.25, -0.2) is 0 Å². The van der Waals surface area contributed by atoms with Crippen molar-refractivity contribution in [1.29, 1.82) is 0 Å². The summed E-state index contributed by atoms with van der Waals surface area (Å²) in [7, 11) is 0. The number of ether oxygens (including phenoxy) is 1. The molecule has 0 aromatic heterocycles. The maximum atomic E-state index is 9.59. The quantitative estimate of drug-likeness (QED) is 0.610. The van der Waals surface area contributed by atoms with Crippen molar-refractivity contribution in [3.05, 3.63) is 0 Å². The standard InChI is InChI=1S/C9H18O3/c1-4-7-5(2)8(10)9(11)6(3)12-7/h5-11H,4H2,1-3H3/t5-,6-,7?,8?,9?/m1/s1. The van der Waals surface area contributed by atoms with Gasteiger partial charge >= 0.3 is 0 Å². The molecule has 0 aromatic rings. The van der Waals surface area contributed by atoms with E-state index in [1.165, 1.54) is 0 Å². The van der Waals surface area contributed by atoms with Crippen molar-refractivity contribution in [2.45, 2.75) is 51.6 Å². The number of hydrogen-bond acceptors (Lipinski definition) is 3. The van der Waals surface area contributed by atoms with Gasteiger partial charge in [0.2, 0.25) is 0 Å². The third kappa shape index (κ3) is 1.63. The predicted molar refractivity (Wildman–Crippen MR) is 45.8 cm³/mol. The van der Waals surface area contributed by atoms with Crippen LogP contribution < -0.4 is 0 Å². The van der Waals surface area contributed by atoms with Crippen LogP contribution in [0.25, 0.3) is 0 Å². The molecule has 5 atom stereocenters. The molecule has 72 valence electrons. The zero-order chi connectivity index (χ0) is 9.30. The zero-order valence-corrected chi connectivity index (χ0v) is 7.90. The van der Waals surface area contributed by atoms with Crippen LogP contribution in [0.5, 0.6) is 0 Å². The summed E-state index contributed by atoms with van der Waals surface area (Å²) in [6.07, 6.45) is -0.656. The molecule has 1 aliphatic heterocycles. The van der Waals surface area contributed by atoms with Crippen molar-refractivity contribution in [2.75, 3.05) is 0 Å². The summed E-state index contributed by atoms with van der Waals surface area (Å²) in [5, 5.41) is 19.0. The van der Waals surface area contributed by atoms with Crippen molar-refractivity contribution in [3.8, 4) is 0 Å². The minimum Gasteiger partial charge on any atom is -0.390 e. The van der Waals surface area contributed by atoms with Crippen LogP contribution in [0.4, 0.5) is 0 Å². The average Bonchev–Trinajstić information content (AvgIpc) is 2.08. The lowest BCUT2D eigenvalue weighted by Gasteiger charge is -2.40. The summed E-state index contributed by atoms with van der Waals surface area (Å²) in [4.78, 5) is 0. The van der Waals surface area contributed by atoms with Crippen LogP contribution in [-0.2, 0) is 4.74 Å². The molecule has 12 heavy (non-hydrogen) atoms. The monoisotopic (exact) mass is 174 g/mol. The van der Waals surface area contributed by atoms with E-state index >= 15 is 0 Å². The van der Waals surface area contributed by atoms with Crippen molar-refractivity contribution < 1.29 is 14.9 Å². The van der Waals surface area contributed by atoms with Gasteiger partial charge in [0.15, 0.2) is 0 Å². The van der Waals surface area contributed by atoms with Crippen molar-refractivity contribution in [2.24, 2.45) is 5.92 Å². The molecular formula is C9H18O3. The largest absolute Gasteiger partial charge is 0.390 e. The fourth-order valence-electron chi connectivity index (χ4n) is 1.76. The summed E-state index contributed by atoms with van der Waals surface area (Å²) < 4.78 is 5.52. The molecule has 2 N–H and O–H groups in total. The van der Waals surface area contributed by atoms with E-state index in [1.54, 1.807) is 6.92 Å². The molecule has 3 unspecified atom stereocenters. The van der Waals surface area contributed by atoms with E-state index in [2.05, 4.69) is 0 Å². The second-order valence-electron chi connectivity index (χ2n) is 3.63. The zero-order valence-electron chi connectivity index (χ0n) is 7.90. The molecule has 1 aliphatic rings. The van der Waals surface area contributed by atoms with Crippen LogP contribution in [0, 0.1) is 5.92 Å². The highest BCUT2D eigenvalue weighted by Gasteiger charge is 2.38. The Bertz CT molecular complexity index is 144. The van der Waals surface area contributed by atoms with Gasteiger partial charge in [0.05, 0.1) is 18.3 Å². The molecule has 3 heteroatoms. The van der Waals surface area contributed by atoms with E-state index in [1.807, 2.05) is 13.8 Å². The molecule has 1 saturated heterocycles.